The summed E-state index contributed by atoms with van der Waals surface area (Å²) in [5.74, 6) is -1.52. The van der Waals surface area contributed by atoms with E-state index in [1.54, 1.807) is 0 Å². The van der Waals surface area contributed by atoms with Crippen molar-refractivity contribution < 1.29 is 19.6 Å². The van der Waals surface area contributed by atoms with E-state index in [9.17, 15) is 24.8 Å². The third-order valence-corrected chi connectivity index (χ3v) is 4.46. The molecule has 1 heterocycles. The number of hydrogen-bond donors (Lipinski definition) is 2. The molecule has 1 atom stereocenters. The third-order valence-electron chi connectivity index (χ3n) is 4.46. The average molecular weight is 361 g/mol. The van der Waals surface area contributed by atoms with E-state index in [4.69, 9.17) is 5.73 Å². The number of carbonyl (C=O) groups excluding carboxylic acids is 2. The smallest absolute Gasteiger partial charge is 0.290 e. The average Bonchev–Trinajstić information content (AvgIpc) is 2.86. The van der Waals surface area contributed by atoms with E-state index in [0.717, 1.165) is 19.3 Å². The van der Waals surface area contributed by atoms with Crippen molar-refractivity contribution in [1.82, 2.24) is 4.90 Å². The van der Waals surface area contributed by atoms with Crippen LogP contribution in [0.5, 0.6) is 0 Å². The van der Waals surface area contributed by atoms with Crippen LogP contribution in [0.3, 0.4) is 0 Å². The Balaban J connectivity index is 2.27. The summed E-state index contributed by atoms with van der Waals surface area (Å²) < 4.78 is 0. The number of non-ortho nitro benzene ring substituents is 1. The minimum atomic E-state index is -0.727. The number of nitrogens with zero attached hydrogens (tertiary/aromatic N) is 2. The molecule has 26 heavy (non-hydrogen) atoms. The first-order valence-electron chi connectivity index (χ1n) is 8.58. The lowest BCUT2D eigenvalue weighted by Gasteiger charge is -2.26. The summed E-state index contributed by atoms with van der Waals surface area (Å²) in [5, 5.41) is 21.0. The van der Waals surface area contributed by atoms with Gasteiger partial charge in [0, 0.05) is 18.7 Å². The van der Waals surface area contributed by atoms with E-state index >= 15 is 0 Å². The molecule has 2 rings (SSSR count). The van der Waals surface area contributed by atoms with Gasteiger partial charge in [0.15, 0.2) is 11.5 Å². The molecule has 0 radical (unpaired) electrons. The Kier molecular flexibility index (Phi) is 6.46. The highest BCUT2D eigenvalue weighted by Crippen LogP contribution is 2.38. The zero-order valence-corrected chi connectivity index (χ0v) is 14.7. The molecule has 8 nitrogen and oxygen atoms in total. The first kappa shape index (κ1) is 19.6. The molecule has 0 aliphatic carbocycles. The van der Waals surface area contributed by atoms with Gasteiger partial charge in [-0.1, -0.05) is 12.8 Å². The van der Waals surface area contributed by atoms with Gasteiger partial charge >= 0.3 is 0 Å². The van der Waals surface area contributed by atoms with Crippen molar-refractivity contribution in [1.29, 1.82) is 0 Å². The summed E-state index contributed by atoms with van der Waals surface area (Å²) in [6, 6.07) is 4.95. The maximum Gasteiger partial charge on any atom is 0.290 e. The van der Waals surface area contributed by atoms with E-state index in [0.29, 0.717) is 25.1 Å². The van der Waals surface area contributed by atoms with E-state index in [1.807, 2.05) is 0 Å². The lowest BCUT2D eigenvalue weighted by Crippen LogP contribution is -2.32. The van der Waals surface area contributed by atoms with Gasteiger partial charge in [-0.05, 0) is 44.0 Å². The standard InChI is InChI=1S/C18H23N3O5/c1-12(22)15-16(13-6-8-14(9-7-13)21(25)26)20(18(24)17(15)23)11-5-3-2-4-10-19/h6-9,16,23H,2-5,10-11,19H2,1H3. The molecule has 1 amide bonds. The molecular weight excluding hydrogens is 338 g/mol. The summed E-state index contributed by atoms with van der Waals surface area (Å²) in [7, 11) is 0. The Morgan fingerprint density at radius 2 is 1.85 bits per heavy atom. The molecule has 0 saturated carbocycles. The Bertz CT molecular complexity index is 727. The molecule has 0 bridgehead atoms. The SMILES string of the molecule is CC(=O)C1=C(O)C(=O)N(CCCCCCN)C1c1ccc([N+](=O)[O-])cc1. The molecule has 1 aromatic carbocycles. The number of benzene rings is 1. The minimum Gasteiger partial charge on any atom is -0.503 e. The molecule has 140 valence electrons. The molecule has 1 aliphatic rings. The fraction of sp³-hybridized carbons (Fsp3) is 0.444. The molecule has 1 aliphatic heterocycles. The number of aliphatic hydroxyl groups is 1. The summed E-state index contributed by atoms with van der Waals surface area (Å²) in [4.78, 5) is 36.2. The highest BCUT2D eigenvalue weighted by Gasteiger charge is 2.42. The molecule has 0 saturated heterocycles. The van der Waals surface area contributed by atoms with Gasteiger partial charge in [0.05, 0.1) is 16.5 Å². The van der Waals surface area contributed by atoms with Crippen LogP contribution in [0.25, 0.3) is 0 Å². The predicted octanol–water partition coefficient (Wildman–Crippen LogP) is 2.40. The Morgan fingerprint density at radius 1 is 1.23 bits per heavy atom. The van der Waals surface area contributed by atoms with Crippen LogP contribution in [-0.2, 0) is 9.59 Å². The van der Waals surface area contributed by atoms with Gasteiger partial charge in [-0.2, -0.15) is 0 Å². The lowest BCUT2D eigenvalue weighted by molar-refractivity contribution is -0.384. The van der Waals surface area contributed by atoms with Gasteiger partial charge in [-0.3, -0.25) is 19.7 Å². The summed E-state index contributed by atoms with van der Waals surface area (Å²) >= 11 is 0. The number of Topliss-reactive ketones (excluding diaryl/α,β-unsaturated/α-hetero) is 1. The van der Waals surface area contributed by atoms with Crippen LogP contribution in [0.4, 0.5) is 5.69 Å². The van der Waals surface area contributed by atoms with Crippen molar-refractivity contribution in [2.75, 3.05) is 13.1 Å². The van der Waals surface area contributed by atoms with E-state index in [-0.39, 0.29) is 11.3 Å². The largest absolute Gasteiger partial charge is 0.503 e. The van der Waals surface area contributed by atoms with Gasteiger partial charge in [-0.25, -0.2) is 0 Å². The monoisotopic (exact) mass is 361 g/mol. The molecule has 0 fully saturated rings. The number of hydrogen-bond acceptors (Lipinski definition) is 6. The van der Waals surface area contributed by atoms with Crippen molar-refractivity contribution in [3.63, 3.8) is 0 Å². The van der Waals surface area contributed by atoms with Crippen LogP contribution in [0, 0.1) is 10.1 Å². The zero-order chi connectivity index (χ0) is 19.3. The zero-order valence-electron chi connectivity index (χ0n) is 14.7. The normalized spacial score (nSPS) is 17.1. The van der Waals surface area contributed by atoms with Gasteiger partial charge in [-0.15, -0.1) is 0 Å². The molecule has 0 aromatic heterocycles. The molecule has 0 spiro atoms. The first-order chi connectivity index (χ1) is 12.4. The topological polar surface area (TPSA) is 127 Å². The second-order valence-corrected chi connectivity index (χ2v) is 6.27. The number of rotatable bonds is 9. The highest BCUT2D eigenvalue weighted by molar-refractivity contribution is 6.08. The molecule has 1 unspecified atom stereocenters. The van der Waals surface area contributed by atoms with Gasteiger partial charge in [0.1, 0.15) is 0 Å². The van der Waals surface area contributed by atoms with Crippen molar-refractivity contribution in [3.8, 4) is 0 Å². The number of nitro groups is 1. The van der Waals surface area contributed by atoms with Crippen LogP contribution in [0.2, 0.25) is 0 Å². The number of nitro benzene ring substituents is 1. The molecule has 8 heteroatoms. The van der Waals surface area contributed by atoms with Crippen molar-refractivity contribution >= 4 is 17.4 Å². The van der Waals surface area contributed by atoms with Crippen molar-refractivity contribution in [2.45, 2.75) is 38.6 Å². The van der Waals surface area contributed by atoms with E-state index < -0.39 is 28.4 Å². The van der Waals surface area contributed by atoms with E-state index in [1.165, 1.54) is 36.1 Å². The van der Waals surface area contributed by atoms with E-state index in [2.05, 4.69) is 0 Å². The maximum atomic E-state index is 12.4. The number of carbonyl (C=O) groups is 2. The highest BCUT2D eigenvalue weighted by atomic mass is 16.6. The molecule has 1 aromatic rings. The maximum absolute atomic E-state index is 12.4. The van der Waals surface area contributed by atoms with Gasteiger partial charge < -0.3 is 15.7 Å². The van der Waals surface area contributed by atoms with Crippen LogP contribution >= 0.6 is 0 Å². The van der Waals surface area contributed by atoms with Crippen LogP contribution in [-0.4, -0.2) is 39.7 Å². The predicted molar refractivity (Wildman–Crippen MR) is 95.4 cm³/mol. The third kappa shape index (κ3) is 4.08. The Morgan fingerprint density at radius 3 is 2.38 bits per heavy atom. The lowest BCUT2D eigenvalue weighted by atomic mass is 9.96. The van der Waals surface area contributed by atoms with Crippen molar-refractivity contribution in [2.24, 2.45) is 5.73 Å². The molecule has 3 N–H and O–H groups in total. The fourth-order valence-electron chi connectivity index (χ4n) is 3.15. The first-order valence-corrected chi connectivity index (χ1v) is 8.58. The summed E-state index contributed by atoms with van der Waals surface area (Å²) in [5.41, 5.74) is 5.98. The summed E-state index contributed by atoms with van der Waals surface area (Å²) in [6.07, 6.45) is 3.44. The Hall–Kier alpha value is -2.74. The van der Waals surface area contributed by atoms with Crippen LogP contribution in [0.1, 0.15) is 44.2 Å². The second kappa shape index (κ2) is 8.57. The number of aliphatic hydroxyl groups excluding tert-OH is 1. The number of nitrogens with two attached hydrogens (primary N) is 1. The quantitative estimate of drug-likeness (QED) is 0.395. The second-order valence-electron chi connectivity index (χ2n) is 6.27. The van der Waals surface area contributed by atoms with Crippen molar-refractivity contribution in [3.05, 3.63) is 51.3 Å². The van der Waals surface area contributed by atoms with Crippen LogP contribution < -0.4 is 5.73 Å². The molecular formula is C18H23N3O5. The number of amides is 1. The number of ketones is 1. The van der Waals surface area contributed by atoms with Gasteiger partial charge in [0.25, 0.3) is 11.6 Å². The van der Waals surface area contributed by atoms with Gasteiger partial charge in [0.2, 0.25) is 0 Å². The number of unbranched alkanes of at least 4 members (excludes halogenated alkanes) is 3. The fourth-order valence-corrected chi connectivity index (χ4v) is 3.15. The minimum absolute atomic E-state index is 0.0332. The summed E-state index contributed by atoms with van der Waals surface area (Å²) in [6.45, 7) is 2.29. The van der Waals surface area contributed by atoms with Crippen LogP contribution in [0.15, 0.2) is 35.6 Å². The Labute approximate surface area is 151 Å².